The van der Waals surface area contributed by atoms with Crippen LogP contribution in [-0.2, 0) is 27.4 Å². The lowest BCUT2D eigenvalue weighted by molar-refractivity contribution is -0.192. The minimum atomic E-state index is -5.08. The first kappa shape index (κ1) is 23.7. The van der Waals surface area contributed by atoms with Gasteiger partial charge in [0, 0.05) is 26.1 Å². The van der Waals surface area contributed by atoms with Crippen molar-refractivity contribution in [2.24, 2.45) is 0 Å². The van der Waals surface area contributed by atoms with Gasteiger partial charge in [-0.2, -0.15) is 24.5 Å². The van der Waals surface area contributed by atoms with Crippen molar-refractivity contribution in [3.63, 3.8) is 0 Å². The average Bonchev–Trinajstić information content (AvgIpc) is 3.39. The number of ether oxygens (including phenoxy) is 2. The number of halogens is 3. The molecular weight excluding hydrogens is 431 g/mol. The molecule has 2 saturated heterocycles. The van der Waals surface area contributed by atoms with E-state index in [0.29, 0.717) is 6.61 Å². The zero-order valence-electron chi connectivity index (χ0n) is 17.0. The van der Waals surface area contributed by atoms with Crippen LogP contribution in [0, 0.1) is 0 Å². The molecule has 4 rings (SSSR count). The topological polar surface area (TPSA) is 59.0 Å². The summed E-state index contributed by atoms with van der Waals surface area (Å²) in [4.78, 5) is 11.4. The Kier molecular flexibility index (Phi) is 8.10. The number of piperidine rings is 1. The van der Waals surface area contributed by atoms with Crippen LogP contribution in [-0.4, -0.2) is 53.6 Å². The monoisotopic (exact) mass is 457 g/mol. The van der Waals surface area contributed by atoms with Gasteiger partial charge in [-0.1, -0.05) is 30.3 Å². The third-order valence-corrected chi connectivity index (χ3v) is 6.23. The van der Waals surface area contributed by atoms with E-state index in [1.165, 1.54) is 11.1 Å². The molecule has 5 nitrogen and oxygen atoms in total. The second-order valence-electron chi connectivity index (χ2n) is 7.83. The van der Waals surface area contributed by atoms with Gasteiger partial charge in [0.2, 0.25) is 0 Å². The number of hydrogen-bond acceptors (Lipinski definition) is 5. The molecule has 0 aliphatic carbocycles. The number of carboxylic acid groups (broad SMARTS) is 1. The van der Waals surface area contributed by atoms with Gasteiger partial charge in [-0.15, -0.1) is 0 Å². The maximum atomic E-state index is 10.6. The Morgan fingerprint density at radius 3 is 2.45 bits per heavy atom. The Balaban J connectivity index is 0.000000339. The number of alkyl halides is 3. The Bertz CT molecular complexity index is 806. The summed E-state index contributed by atoms with van der Waals surface area (Å²) in [6.07, 6.45) is -1.54. The highest BCUT2D eigenvalue weighted by Gasteiger charge is 2.43. The largest absolute Gasteiger partial charge is 0.490 e. The van der Waals surface area contributed by atoms with Crippen molar-refractivity contribution < 1.29 is 32.5 Å². The number of thiophene rings is 1. The molecule has 1 atom stereocenters. The molecule has 1 N–H and O–H groups in total. The van der Waals surface area contributed by atoms with Crippen LogP contribution < -0.4 is 0 Å². The van der Waals surface area contributed by atoms with Gasteiger partial charge in [0.1, 0.15) is 0 Å². The number of aliphatic carboxylic acids is 1. The third-order valence-electron chi connectivity index (χ3n) is 5.50. The van der Waals surface area contributed by atoms with E-state index in [0.717, 1.165) is 45.5 Å². The Hall–Kier alpha value is -1.94. The molecule has 1 aromatic carbocycles. The van der Waals surface area contributed by atoms with Gasteiger partial charge in [-0.3, -0.25) is 4.90 Å². The first-order valence-electron chi connectivity index (χ1n) is 10.1. The fraction of sp³-hybridized carbons (Fsp3) is 0.500. The highest BCUT2D eigenvalue weighted by molar-refractivity contribution is 7.07. The van der Waals surface area contributed by atoms with Crippen molar-refractivity contribution >= 4 is 17.3 Å². The molecule has 2 aromatic rings. The van der Waals surface area contributed by atoms with Crippen LogP contribution in [0.2, 0.25) is 0 Å². The molecule has 0 radical (unpaired) electrons. The summed E-state index contributed by atoms with van der Waals surface area (Å²) in [5.74, 6) is -2.76. The lowest BCUT2D eigenvalue weighted by Crippen LogP contribution is -2.43. The average molecular weight is 458 g/mol. The maximum Gasteiger partial charge on any atom is 0.490 e. The van der Waals surface area contributed by atoms with Gasteiger partial charge >= 0.3 is 12.1 Å². The first-order chi connectivity index (χ1) is 14.8. The van der Waals surface area contributed by atoms with Crippen LogP contribution in [0.4, 0.5) is 13.2 Å². The highest BCUT2D eigenvalue weighted by Crippen LogP contribution is 2.37. The van der Waals surface area contributed by atoms with Crippen LogP contribution >= 0.6 is 11.3 Å². The van der Waals surface area contributed by atoms with Gasteiger partial charge in [0.05, 0.1) is 24.9 Å². The summed E-state index contributed by atoms with van der Waals surface area (Å²) in [5.41, 5.74) is 2.74. The van der Waals surface area contributed by atoms with E-state index in [4.69, 9.17) is 19.4 Å². The van der Waals surface area contributed by atoms with Crippen molar-refractivity contribution in [3.05, 3.63) is 58.3 Å². The van der Waals surface area contributed by atoms with E-state index < -0.39 is 12.1 Å². The van der Waals surface area contributed by atoms with E-state index in [-0.39, 0.29) is 11.7 Å². The maximum absolute atomic E-state index is 10.6. The zero-order chi connectivity index (χ0) is 22.3. The van der Waals surface area contributed by atoms with E-state index >= 15 is 0 Å². The van der Waals surface area contributed by atoms with Gasteiger partial charge in [-0.05, 0) is 40.8 Å². The number of rotatable bonds is 5. The second-order valence-corrected chi connectivity index (χ2v) is 8.61. The number of hydrogen-bond donors (Lipinski definition) is 1. The van der Waals surface area contributed by atoms with E-state index in [1.807, 2.05) is 6.07 Å². The summed E-state index contributed by atoms with van der Waals surface area (Å²) >= 11 is 1.78. The van der Waals surface area contributed by atoms with Crippen LogP contribution in [0.3, 0.4) is 0 Å². The molecule has 31 heavy (non-hydrogen) atoms. The van der Waals surface area contributed by atoms with Crippen LogP contribution in [0.5, 0.6) is 0 Å². The zero-order valence-corrected chi connectivity index (χ0v) is 17.8. The summed E-state index contributed by atoms with van der Waals surface area (Å²) in [5, 5.41) is 11.5. The Morgan fingerprint density at radius 2 is 1.87 bits per heavy atom. The van der Waals surface area contributed by atoms with Crippen LogP contribution in [0.1, 0.15) is 30.4 Å². The molecule has 1 aromatic heterocycles. The molecular formula is C22H26F3NO4S. The number of benzene rings is 1. The van der Waals surface area contributed by atoms with Gasteiger partial charge in [0.25, 0.3) is 0 Å². The molecule has 0 saturated carbocycles. The van der Waals surface area contributed by atoms with Crippen molar-refractivity contribution in [2.75, 3.05) is 19.7 Å². The summed E-state index contributed by atoms with van der Waals surface area (Å²) < 4.78 is 44.0. The molecule has 2 aliphatic rings. The number of likely N-dealkylation sites (tertiary alicyclic amines) is 1. The van der Waals surface area contributed by atoms with Gasteiger partial charge in [-0.25, -0.2) is 4.79 Å². The highest BCUT2D eigenvalue weighted by atomic mass is 32.1. The quantitative estimate of drug-likeness (QED) is 0.704. The summed E-state index contributed by atoms with van der Waals surface area (Å²) in [7, 11) is 0. The SMILES string of the molecule is O=C(O)C(F)(F)F.c1ccc(COC2COC3(CCN(Cc4ccsc4)CC3)C2)cc1. The molecule has 1 unspecified atom stereocenters. The number of carboxylic acids is 1. The van der Waals surface area contributed by atoms with E-state index in [2.05, 4.69) is 46.0 Å². The fourth-order valence-electron chi connectivity index (χ4n) is 3.81. The molecule has 1 spiro atoms. The lowest BCUT2D eigenvalue weighted by Gasteiger charge is -2.38. The predicted octanol–water partition coefficient (Wildman–Crippen LogP) is 4.72. The molecule has 3 heterocycles. The fourth-order valence-corrected chi connectivity index (χ4v) is 4.47. The van der Waals surface area contributed by atoms with Gasteiger partial charge in [0.15, 0.2) is 0 Å². The Labute approximate surface area is 183 Å². The number of carbonyl (C=O) groups is 1. The van der Waals surface area contributed by atoms with Crippen molar-refractivity contribution in [3.8, 4) is 0 Å². The van der Waals surface area contributed by atoms with Crippen LogP contribution in [0.25, 0.3) is 0 Å². The Morgan fingerprint density at radius 1 is 1.19 bits per heavy atom. The summed E-state index contributed by atoms with van der Waals surface area (Å²) in [6.45, 7) is 4.77. The number of nitrogens with zero attached hydrogens (tertiary/aromatic N) is 1. The van der Waals surface area contributed by atoms with Crippen molar-refractivity contribution in [1.82, 2.24) is 4.90 Å². The standard InChI is InChI=1S/C20H25NO2S.C2HF3O2/c1-2-4-17(5-3-1)14-22-19-12-20(23-15-19)7-9-21(10-8-20)13-18-6-11-24-16-18;3-2(4,5)1(6)7/h1-6,11,16,19H,7-10,12-15H2;(H,6,7). The molecule has 9 heteroatoms. The third kappa shape index (κ3) is 7.31. The molecule has 2 aliphatic heterocycles. The predicted molar refractivity (Wildman–Crippen MR) is 111 cm³/mol. The molecule has 0 bridgehead atoms. The van der Waals surface area contributed by atoms with Crippen molar-refractivity contribution in [2.45, 2.75) is 50.3 Å². The van der Waals surface area contributed by atoms with Crippen molar-refractivity contribution in [1.29, 1.82) is 0 Å². The minimum absolute atomic E-state index is 0.0620. The lowest BCUT2D eigenvalue weighted by atomic mass is 9.88. The van der Waals surface area contributed by atoms with Crippen LogP contribution in [0.15, 0.2) is 47.2 Å². The minimum Gasteiger partial charge on any atom is -0.475 e. The molecule has 2 fully saturated rings. The second kappa shape index (κ2) is 10.6. The normalized spacial score (nSPS) is 20.9. The first-order valence-corrected chi connectivity index (χ1v) is 11.0. The van der Waals surface area contributed by atoms with Gasteiger partial charge < -0.3 is 14.6 Å². The summed E-state index contributed by atoms with van der Waals surface area (Å²) in [6, 6.07) is 12.6. The molecule has 0 amide bonds. The van der Waals surface area contributed by atoms with E-state index in [1.54, 1.807) is 11.3 Å². The van der Waals surface area contributed by atoms with E-state index in [9.17, 15) is 13.2 Å². The smallest absolute Gasteiger partial charge is 0.475 e. The molecule has 170 valence electrons.